The van der Waals surface area contributed by atoms with Crippen LogP contribution in [0.15, 0.2) is 60.8 Å². The highest BCUT2D eigenvalue weighted by molar-refractivity contribution is 6.04. The van der Waals surface area contributed by atoms with Crippen LogP contribution in [0.3, 0.4) is 0 Å². The molecule has 30 heavy (non-hydrogen) atoms. The van der Waals surface area contributed by atoms with E-state index in [4.69, 9.17) is 9.47 Å². The molecule has 0 unspecified atom stereocenters. The van der Waals surface area contributed by atoms with Gasteiger partial charge in [-0.1, -0.05) is 44.7 Å². The summed E-state index contributed by atoms with van der Waals surface area (Å²) in [6, 6.07) is 14.4. The van der Waals surface area contributed by atoms with Crippen molar-refractivity contribution in [2.75, 3.05) is 14.2 Å². The van der Waals surface area contributed by atoms with Crippen LogP contribution in [-0.2, 0) is 22.7 Å². The van der Waals surface area contributed by atoms with Gasteiger partial charge in [0.05, 0.1) is 20.8 Å². The van der Waals surface area contributed by atoms with Gasteiger partial charge in [-0.3, -0.25) is 9.59 Å². The van der Waals surface area contributed by atoms with Crippen molar-refractivity contribution in [3.63, 3.8) is 0 Å². The summed E-state index contributed by atoms with van der Waals surface area (Å²) in [5.74, 6) is 1.11. The van der Waals surface area contributed by atoms with Crippen LogP contribution in [0.25, 0.3) is 0 Å². The molecule has 1 atom stereocenters. The molecule has 1 aliphatic rings. The average Bonchev–Trinajstić information content (AvgIpc) is 2.75. The third kappa shape index (κ3) is 4.32. The average molecular weight is 408 g/mol. The topological polar surface area (TPSA) is 59.1 Å². The van der Waals surface area contributed by atoms with Gasteiger partial charge in [-0.25, -0.2) is 0 Å². The predicted octanol–water partition coefficient (Wildman–Crippen LogP) is 3.61. The molecule has 1 heterocycles. The molecule has 0 aliphatic carbocycles. The Morgan fingerprint density at radius 2 is 1.33 bits per heavy atom. The first kappa shape index (κ1) is 21.4. The molecule has 0 N–H and O–H groups in total. The molecule has 0 spiro atoms. The molecule has 3 rings (SSSR count). The van der Waals surface area contributed by atoms with Gasteiger partial charge in [0.2, 0.25) is 0 Å². The van der Waals surface area contributed by atoms with Gasteiger partial charge in [-0.2, -0.15) is 0 Å². The Balaban J connectivity index is 1.84. The summed E-state index contributed by atoms with van der Waals surface area (Å²) in [6.45, 7) is 8.49. The molecule has 6 heteroatoms. The van der Waals surface area contributed by atoms with Crippen molar-refractivity contribution in [2.24, 2.45) is 5.92 Å². The minimum absolute atomic E-state index is 0.0360. The number of ether oxygens (including phenoxy) is 2. The molecule has 6 nitrogen and oxygen atoms in total. The third-order valence-electron chi connectivity index (χ3n) is 5.33. The molecule has 2 aromatic carbocycles. The summed E-state index contributed by atoms with van der Waals surface area (Å²) in [5, 5.41) is 0. The van der Waals surface area contributed by atoms with E-state index in [-0.39, 0.29) is 23.4 Å². The zero-order chi connectivity index (χ0) is 21.8. The maximum atomic E-state index is 13.4. The standard InChI is InChI=1S/C24H28N2O4/c1-16(2)22-24(28)25(14-18-6-10-20(29-4)11-7-18)17(3)23(27)26(22)15-19-8-12-21(30-5)13-9-19/h6-13,16,22H,3,14-15H2,1-2,4-5H3/t22-/m0/s1. The van der Waals surface area contributed by atoms with E-state index in [9.17, 15) is 9.59 Å². The lowest BCUT2D eigenvalue weighted by molar-refractivity contribution is -0.154. The molecular weight excluding hydrogens is 380 g/mol. The highest BCUT2D eigenvalue weighted by atomic mass is 16.5. The van der Waals surface area contributed by atoms with Gasteiger partial charge in [-0.05, 0) is 41.3 Å². The summed E-state index contributed by atoms with van der Waals surface area (Å²) < 4.78 is 10.4. The molecule has 1 aliphatic heterocycles. The van der Waals surface area contributed by atoms with Crippen molar-refractivity contribution in [3.8, 4) is 11.5 Å². The van der Waals surface area contributed by atoms with Crippen molar-refractivity contribution in [2.45, 2.75) is 33.0 Å². The van der Waals surface area contributed by atoms with Crippen LogP contribution in [0.1, 0.15) is 25.0 Å². The fourth-order valence-electron chi connectivity index (χ4n) is 3.66. The Morgan fingerprint density at radius 3 is 1.77 bits per heavy atom. The van der Waals surface area contributed by atoms with Crippen molar-refractivity contribution >= 4 is 11.8 Å². The van der Waals surface area contributed by atoms with Gasteiger partial charge in [0.1, 0.15) is 23.2 Å². The Kier molecular flexibility index (Phi) is 6.45. The number of nitrogens with zero attached hydrogens (tertiary/aromatic N) is 2. The van der Waals surface area contributed by atoms with Crippen molar-refractivity contribution in [1.82, 2.24) is 9.80 Å². The van der Waals surface area contributed by atoms with E-state index >= 15 is 0 Å². The van der Waals surface area contributed by atoms with Gasteiger partial charge in [0.15, 0.2) is 0 Å². The second kappa shape index (κ2) is 9.03. The van der Waals surface area contributed by atoms with Crippen LogP contribution < -0.4 is 9.47 Å². The van der Waals surface area contributed by atoms with E-state index in [0.717, 1.165) is 22.6 Å². The van der Waals surface area contributed by atoms with E-state index in [2.05, 4.69) is 6.58 Å². The molecule has 0 saturated carbocycles. The van der Waals surface area contributed by atoms with Crippen molar-refractivity contribution in [3.05, 3.63) is 71.9 Å². The minimum atomic E-state index is -0.552. The van der Waals surface area contributed by atoms with Crippen molar-refractivity contribution < 1.29 is 19.1 Å². The molecule has 2 amide bonds. The lowest BCUT2D eigenvalue weighted by atomic mass is 9.96. The largest absolute Gasteiger partial charge is 0.497 e. The van der Waals surface area contributed by atoms with Crippen LogP contribution >= 0.6 is 0 Å². The normalized spacial score (nSPS) is 17.0. The zero-order valence-electron chi connectivity index (χ0n) is 17.9. The lowest BCUT2D eigenvalue weighted by Crippen LogP contribution is -2.59. The van der Waals surface area contributed by atoms with Gasteiger partial charge in [0.25, 0.3) is 11.8 Å². The molecule has 0 bridgehead atoms. The zero-order valence-corrected chi connectivity index (χ0v) is 17.9. The molecule has 158 valence electrons. The first-order valence-corrected chi connectivity index (χ1v) is 9.92. The second-order valence-corrected chi connectivity index (χ2v) is 7.69. The van der Waals surface area contributed by atoms with E-state index < -0.39 is 6.04 Å². The number of amides is 2. The van der Waals surface area contributed by atoms with Gasteiger partial charge < -0.3 is 19.3 Å². The summed E-state index contributed by atoms with van der Waals surface area (Å²) >= 11 is 0. The summed E-state index contributed by atoms with van der Waals surface area (Å²) in [6.07, 6.45) is 0. The number of benzene rings is 2. The maximum Gasteiger partial charge on any atom is 0.270 e. The number of methoxy groups -OCH3 is 2. The fraction of sp³-hybridized carbons (Fsp3) is 0.333. The molecule has 2 aromatic rings. The summed E-state index contributed by atoms with van der Waals surface area (Å²) in [4.78, 5) is 29.7. The highest BCUT2D eigenvalue weighted by Gasteiger charge is 2.43. The van der Waals surface area contributed by atoms with E-state index in [1.54, 1.807) is 19.1 Å². The molecular formula is C24H28N2O4. The van der Waals surface area contributed by atoms with Crippen LogP contribution in [0.5, 0.6) is 11.5 Å². The summed E-state index contributed by atoms with van der Waals surface area (Å²) in [5.41, 5.74) is 2.03. The first-order chi connectivity index (χ1) is 14.3. The van der Waals surface area contributed by atoms with Gasteiger partial charge in [0, 0.05) is 6.54 Å². The van der Waals surface area contributed by atoms with E-state index in [0.29, 0.717) is 13.1 Å². The second-order valence-electron chi connectivity index (χ2n) is 7.69. The number of rotatable bonds is 7. The number of piperazine rings is 1. The number of carbonyl (C=O) groups excluding carboxylic acids is 2. The van der Waals surface area contributed by atoms with Gasteiger partial charge >= 0.3 is 0 Å². The fourth-order valence-corrected chi connectivity index (χ4v) is 3.66. The quantitative estimate of drug-likeness (QED) is 0.657. The SMILES string of the molecule is C=C1C(=O)N(Cc2ccc(OC)cc2)[C@@H](C(C)C)C(=O)N1Cc1ccc(OC)cc1. The van der Waals surface area contributed by atoms with Crippen LogP contribution in [0.2, 0.25) is 0 Å². The van der Waals surface area contributed by atoms with Crippen molar-refractivity contribution in [1.29, 1.82) is 0 Å². The van der Waals surface area contributed by atoms with E-state index in [1.807, 2.05) is 62.4 Å². The van der Waals surface area contributed by atoms with E-state index in [1.165, 1.54) is 4.90 Å². The molecule has 0 aromatic heterocycles. The third-order valence-corrected chi connectivity index (χ3v) is 5.33. The number of hydrogen-bond donors (Lipinski definition) is 0. The maximum absolute atomic E-state index is 13.4. The molecule has 1 saturated heterocycles. The lowest BCUT2D eigenvalue weighted by Gasteiger charge is -2.43. The Hall–Kier alpha value is -3.28. The Morgan fingerprint density at radius 1 is 0.867 bits per heavy atom. The Bertz CT molecular complexity index is 919. The smallest absolute Gasteiger partial charge is 0.270 e. The first-order valence-electron chi connectivity index (χ1n) is 9.92. The molecule has 1 fully saturated rings. The van der Waals surface area contributed by atoms with Crippen LogP contribution in [-0.4, -0.2) is 41.9 Å². The number of carbonyl (C=O) groups is 2. The predicted molar refractivity (Wildman–Crippen MR) is 115 cm³/mol. The minimum Gasteiger partial charge on any atom is -0.497 e. The number of hydrogen-bond acceptors (Lipinski definition) is 4. The van der Waals surface area contributed by atoms with Gasteiger partial charge in [-0.15, -0.1) is 0 Å². The monoisotopic (exact) mass is 408 g/mol. The van der Waals surface area contributed by atoms with Crippen LogP contribution in [0, 0.1) is 5.92 Å². The summed E-state index contributed by atoms with van der Waals surface area (Å²) in [7, 11) is 3.21. The Labute approximate surface area is 177 Å². The molecule has 0 radical (unpaired) electrons. The highest BCUT2D eigenvalue weighted by Crippen LogP contribution is 2.28. The van der Waals surface area contributed by atoms with Crippen LogP contribution in [0.4, 0.5) is 0 Å².